The third-order valence-corrected chi connectivity index (χ3v) is 3.55. The molecule has 0 bridgehead atoms. The highest BCUT2D eigenvalue weighted by molar-refractivity contribution is 6.29. The van der Waals surface area contributed by atoms with E-state index in [9.17, 15) is 4.79 Å². The quantitative estimate of drug-likeness (QED) is 0.806. The molecule has 110 valence electrons. The lowest BCUT2D eigenvalue weighted by atomic mass is 10.2. The maximum Gasteiger partial charge on any atom is 0.335 e. The van der Waals surface area contributed by atoms with Gasteiger partial charge in [0.1, 0.15) is 11.0 Å². The van der Waals surface area contributed by atoms with E-state index in [1.165, 1.54) is 6.07 Å². The second kappa shape index (κ2) is 6.88. The van der Waals surface area contributed by atoms with Crippen molar-refractivity contribution in [2.45, 2.75) is 6.42 Å². The Labute approximate surface area is 122 Å². The number of pyridine rings is 1. The van der Waals surface area contributed by atoms with Crippen molar-refractivity contribution in [1.82, 2.24) is 9.88 Å². The topological polar surface area (TPSA) is 76.9 Å². The minimum absolute atomic E-state index is 0.150. The number of rotatable bonds is 4. The van der Waals surface area contributed by atoms with Crippen molar-refractivity contribution in [3.63, 3.8) is 0 Å². The molecule has 0 spiro atoms. The molecule has 20 heavy (non-hydrogen) atoms. The van der Waals surface area contributed by atoms with Gasteiger partial charge in [0.05, 0.1) is 12.2 Å². The number of anilines is 1. The van der Waals surface area contributed by atoms with Gasteiger partial charge in [-0.3, -0.25) is 4.90 Å². The van der Waals surface area contributed by atoms with Gasteiger partial charge in [-0.2, -0.15) is 0 Å². The number of aromatic carboxylic acids is 1. The summed E-state index contributed by atoms with van der Waals surface area (Å²) in [4.78, 5) is 19.5. The number of hydrogen-bond acceptors (Lipinski definition) is 5. The van der Waals surface area contributed by atoms with E-state index in [1.807, 2.05) is 4.90 Å². The first kappa shape index (κ1) is 15.0. The summed E-state index contributed by atoms with van der Waals surface area (Å²) < 4.78 is 0. The van der Waals surface area contributed by atoms with Gasteiger partial charge < -0.3 is 15.1 Å². The van der Waals surface area contributed by atoms with Crippen LogP contribution in [0, 0.1) is 0 Å². The monoisotopic (exact) mass is 299 g/mol. The molecule has 0 aromatic carbocycles. The van der Waals surface area contributed by atoms with Crippen LogP contribution >= 0.6 is 11.6 Å². The maximum absolute atomic E-state index is 11.1. The van der Waals surface area contributed by atoms with E-state index >= 15 is 0 Å². The van der Waals surface area contributed by atoms with Gasteiger partial charge >= 0.3 is 5.97 Å². The van der Waals surface area contributed by atoms with Crippen LogP contribution < -0.4 is 4.90 Å². The largest absolute Gasteiger partial charge is 0.478 e. The van der Waals surface area contributed by atoms with Crippen molar-refractivity contribution in [1.29, 1.82) is 0 Å². The standard InChI is InChI=1S/C13H18ClN3O3/c14-11-8-10(13(19)20)9-12(15-11)17-3-1-2-16(4-5-17)6-7-18/h8-9,18H,1-7H2,(H,19,20). The van der Waals surface area contributed by atoms with Crippen LogP contribution in [0.25, 0.3) is 0 Å². The summed E-state index contributed by atoms with van der Waals surface area (Å²) in [6, 6.07) is 2.90. The van der Waals surface area contributed by atoms with Crippen molar-refractivity contribution < 1.29 is 15.0 Å². The second-order valence-corrected chi connectivity index (χ2v) is 5.13. The predicted molar refractivity (Wildman–Crippen MR) is 76.6 cm³/mol. The summed E-state index contributed by atoms with van der Waals surface area (Å²) in [5.74, 6) is -0.409. The number of aliphatic hydroxyl groups excluding tert-OH is 1. The summed E-state index contributed by atoms with van der Waals surface area (Å²) in [6.45, 7) is 4.09. The summed E-state index contributed by atoms with van der Waals surface area (Å²) in [6.07, 6.45) is 0.941. The molecule has 0 unspecified atom stereocenters. The maximum atomic E-state index is 11.1. The fourth-order valence-electron chi connectivity index (χ4n) is 2.33. The molecule has 0 radical (unpaired) electrons. The van der Waals surface area contributed by atoms with Crippen molar-refractivity contribution >= 4 is 23.4 Å². The predicted octanol–water partition coefficient (Wildman–Crippen LogP) is 0.938. The molecule has 1 aromatic heterocycles. The molecular weight excluding hydrogens is 282 g/mol. The zero-order valence-corrected chi connectivity index (χ0v) is 11.9. The number of nitrogens with zero attached hydrogens (tertiary/aromatic N) is 3. The van der Waals surface area contributed by atoms with Crippen LogP contribution in [0.1, 0.15) is 16.8 Å². The van der Waals surface area contributed by atoms with Crippen molar-refractivity contribution in [2.24, 2.45) is 0 Å². The lowest BCUT2D eigenvalue weighted by Crippen LogP contribution is -2.32. The van der Waals surface area contributed by atoms with E-state index in [4.69, 9.17) is 21.8 Å². The van der Waals surface area contributed by atoms with Gasteiger partial charge in [-0.15, -0.1) is 0 Å². The van der Waals surface area contributed by atoms with Crippen LogP contribution in [-0.2, 0) is 0 Å². The molecule has 0 saturated carbocycles. The van der Waals surface area contributed by atoms with Crippen LogP contribution in [0.15, 0.2) is 12.1 Å². The fraction of sp³-hybridized carbons (Fsp3) is 0.538. The Balaban J connectivity index is 2.13. The van der Waals surface area contributed by atoms with Gasteiger partial charge in [-0.25, -0.2) is 9.78 Å². The van der Waals surface area contributed by atoms with Gasteiger partial charge in [0.15, 0.2) is 0 Å². The number of carboxylic acids is 1. The van der Waals surface area contributed by atoms with E-state index < -0.39 is 5.97 Å². The van der Waals surface area contributed by atoms with Gasteiger partial charge in [0.2, 0.25) is 0 Å². The Morgan fingerprint density at radius 2 is 2.10 bits per heavy atom. The number of β-amino-alcohol motifs (C(OH)–C–C–N with tert-alkyl or cyclic N) is 1. The number of hydrogen-bond donors (Lipinski definition) is 2. The molecule has 6 nitrogen and oxygen atoms in total. The average Bonchev–Trinajstić information content (AvgIpc) is 2.64. The molecule has 0 atom stereocenters. The first-order chi connectivity index (χ1) is 9.60. The zero-order valence-electron chi connectivity index (χ0n) is 11.1. The molecule has 1 aliphatic heterocycles. The SMILES string of the molecule is O=C(O)c1cc(Cl)nc(N2CCCN(CCO)CC2)c1. The molecule has 0 amide bonds. The Morgan fingerprint density at radius 1 is 1.30 bits per heavy atom. The molecular formula is C13H18ClN3O3. The number of carboxylic acid groups (broad SMARTS) is 1. The first-order valence-corrected chi connectivity index (χ1v) is 6.97. The molecule has 2 heterocycles. The lowest BCUT2D eigenvalue weighted by molar-refractivity contribution is 0.0696. The minimum atomic E-state index is -1.01. The Kier molecular flexibility index (Phi) is 5.17. The lowest BCUT2D eigenvalue weighted by Gasteiger charge is -2.22. The van der Waals surface area contributed by atoms with Crippen LogP contribution in [0.3, 0.4) is 0 Å². The molecule has 7 heteroatoms. The minimum Gasteiger partial charge on any atom is -0.478 e. The molecule has 1 fully saturated rings. The summed E-state index contributed by atoms with van der Waals surface area (Å²) >= 11 is 5.89. The Morgan fingerprint density at radius 3 is 2.80 bits per heavy atom. The number of carbonyl (C=O) groups is 1. The molecule has 2 N–H and O–H groups in total. The zero-order chi connectivity index (χ0) is 14.5. The highest BCUT2D eigenvalue weighted by Gasteiger charge is 2.17. The van der Waals surface area contributed by atoms with E-state index in [1.54, 1.807) is 6.07 Å². The average molecular weight is 300 g/mol. The third kappa shape index (κ3) is 3.82. The van der Waals surface area contributed by atoms with Gasteiger partial charge in [-0.1, -0.05) is 11.6 Å². The van der Waals surface area contributed by atoms with Gasteiger partial charge in [0, 0.05) is 26.2 Å². The molecule has 1 saturated heterocycles. The van der Waals surface area contributed by atoms with E-state index in [0.29, 0.717) is 12.4 Å². The number of halogens is 1. The Bertz CT molecular complexity index is 484. The molecule has 1 aromatic rings. The third-order valence-electron chi connectivity index (χ3n) is 3.36. The highest BCUT2D eigenvalue weighted by atomic mass is 35.5. The normalized spacial score (nSPS) is 17.0. The summed E-state index contributed by atoms with van der Waals surface area (Å²) in [5, 5.41) is 18.2. The van der Waals surface area contributed by atoms with Gasteiger partial charge in [-0.05, 0) is 25.1 Å². The van der Waals surface area contributed by atoms with Crippen molar-refractivity contribution in [3.8, 4) is 0 Å². The molecule has 0 aliphatic carbocycles. The Hall–Kier alpha value is -1.37. The first-order valence-electron chi connectivity index (χ1n) is 6.59. The summed E-state index contributed by atoms with van der Waals surface area (Å²) in [5.41, 5.74) is 0.150. The molecule has 2 rings (SSSR count). The smallest absolute Gasteiger partial charge is 0.335 e. The van der Waals surface area contributed by atoms with Crippen LogP contribution in [0.4, 0.5) is 5.82 Å². The number of aliphatic hydroxyl groups is 1. The van der Waals surface area contributed by atoms with Crippen molar-refractivity contribution in [2.75, 3.05) is 44.2 Å². The highest BCUT2D eigenvalue weighted by Crippen LogP contribution is 2.19. The van der Waals surface area contributed by atoms with Crippen LogP contribution in [0.5, 0.6) is 0 Å². The molecule has 1 aliphatic rings. The van der Waals surface area contributed by atoms with E-state index in [0.717, 1.165) is 32.6 Å². The van der Waals surface area contributed by atoms with Crippen molar-refractivity contribution in [3.05, 3.63) is 22.8 Å². The van der Waals surface area contributed by atoms with Crippen LogP contribution in [0.2, 0.25) is 5.15 Å². The van der Waals surface area contributed by atoms with E-state index in [-0.39, 0.29) is 17.3 Å². The van der Waals surface area contributed by atoms with E-state index in [2.05, 4.69) is 9.88 Å². The van der Waals surface area contributed by atoms with Gasteiger partial charge in [0.25, 0.3) is 0 Å². The number of aromatic nitrogens is 1. The second-order valence-electron chi connectivity index (χ2n) is 4.75. The summed E-state index contributed by atoms with van der Waals surface area (Å²) in [7, 11) is 0. The van der Waals surface area contributed by atoms with Crippen LogP contribution in [-0.4, -0.2) is 65.4 Å². The fourth-order valence-corrected chi connectivity index (χ4v) is 2.54.